The molecule has 0 radical (unpaired) electrons. The number of carboxylic acid groups (broad SMARTS) is 1. The van der Waals surface area contributed by atoms with Crippen LogP contribution < -0.4 is 0 Å². The van der Waals surface area contributed by atoms with Crippen LogP contribution in [0, 0.1) is 23.6 Å². The Kier molecular flexibility index (Phi) is 9.04. The second-order valence-corrected chi connectivity index (χ2v) is 14.0. The Labute approximate surface area is 232 Å². The highest BCUT2D eigenvalue weighted by Gasteiger charge is 2.41. The summed E-state index contributed by atoms with van der Waals surface area (Å²) < 4.78 is 39.6. The van der Waals surface area contributed by atoms with E-state index in [1.165, 1.54) is 12.5 Å². The number of rotatable bonds is 11. The molecular weight excluding hydrogens is 515 g/mol. The molecule has 3 aliphatic rings. The maximum absolute atomic E-state index is 14.2. The molecule has 2 aromatic rings. The predicted octanol–water partition coefficient (Wildman–Crippen LogP) is 5.06. The number of carbonyl (C=O) groups is 1. The molecule has 2 aromatic carbocycles. The maximum atomic E-state index is 14.2. The lowest BCUT2D eigenvalue weighted by atomic mass is 9.80. The second kappa shape index (κ2) is 12.5. The van der Waals surface area contributed by atoms with Crippen LogP contribution in [0.1, 0.15) is 56.4 Å². The Bertz CT molecular complexity index is 1210. The Hall–Kier alpha value is -2.29. The summed E-state index contributed by atoms with van der Waals surface area (Å²) in [7, 11) is -3.26. The molecule has 0 aromatic heterocycles. The van der Waals surface area contributed by atoms with Crippen LogP contribution in [0.2, 0.25) is 0 Å². The highest BCUT2D eigenvalue weighted by Crippen LogP contribution is 2.38. The van der Waals surface area contributed by atoms with Gasteiger partial charge in [-0.25, -0.2) is 12.8 Å². The number of benzene rings is 2. The Morgan fingerprint density at radius 3 is 2.36 bits per heavy atom. The van der Waals surface area contributed by atoms with Gasteiger partial charge in [-0.15, -0.1) is 0 Å². The Balaban J connectivity index is 1.19. The monoisotopic (exact) mass is 556 g/mol. The smallest absolute Gasteiger partial charge is 0.320 e. The van der Waals surface area contributed by atoms with Crippen LogP contribution in [-0.2, 0) is 14.6 Å². The zero-order valence-electron chi connectivity index (χ0n) is 22.6. The van der Waals surface area contributed by atoms with Gasteiger partial charge in [-0.3, -0.25) is 9.69 Å². The lowest BCUT2D eigenvalue weighted by molar-refractivity contribution is -0.144. The van der Waals surface area contributed by atoms with Crippen molar-refractivity contribution in [1.29, 1.82) is 0 Å². The van der Waals surface area contributed by atoms with E-state index in [0.29, 0.717) is 42.7 Å². The first-order valence-electron chi connectivity index (χ1n) is 14.5. The topological polar surface area (TPSA) is 77.9 Å². The van der Waals surface area contributed by atoms with Gasteiger partial charge in [-0.05, 0) is 86.4 Å². The molecule has 0 unspecified atom stereocenters. The van der Waals surface area contributed by atoms with Crippen LogP contribution in [0.5, 0.6) is 0 Å². The van der Waals surface area contributed by atoms with Gasteiger partial charge in [0.15, 0.2) is 9.84 Å². The third-order valence-corrected chi connectivity index (χ3v) is 11.1. The van der Waals surface area contributed by atoms with Crippen molar-refractivity contribution >= 4 is 15.8 Å². The van der Waals surface area contributed by atoms with E-state index in [1.807, 2.05) is 12.1 Å². The predicted molar refractivity (Wildman–Crippen MR) is 150 cm³/mol. The van der Waals surface area contributed by atoms with Gasteiger partial charge in [-0.2, -0.15) is 0 Å². The minimum atomic E-state index is -3.26. The summed E-state index contributed by atoms with van der Waals surface area (Å²) in [5.41, 5.74) is 0.955. The van der Waals surface area contributed by atoms with Gasteiger partial charge in [-0.1, -0.05) is 49.6 Å². The average molecular weight is 557 g/mol. The first-order valence-corrected chi connectivity index (χ1v) is 16.2. The molecule has 5 rings (SSSR count). The van der Waals surface area contributed by atoms with Crippen LogP contribution >= 0.6 is 0 Å². The van der Waals surface area contributed by atoms with Crippen LogP contribution in [0.4, 0.5) is 4.39 Å². The second-order valence-electron chi connectivity index (χ2n) is 11.9. The first-order chi connectivity index (χ1) is 18.8. The number of halogens is 1. The number of sulfone groups is 1. The van der Waals surface area contributed by atoms with E-state index in [0.717, 1.165) is 50.9 Å². The number of likely N-dealkylation sites (tertiary alicyclic amines) is 2. The fourth-order valence-corrected chi connectivity index (χ4v) is 8.22. The van der Waals surface area contributed by atoms with Crippen molar-refractivity contribution in [2.45, 2.75) is 61.8 Å². The van der Waals surface area contributed by atoms with E-state index in [1.54, 1.807) is 36.4 Å². The van der Waals surface area contributed by atoms with Gasteiger partial charge in [0, 0.05) is 25.6 Å². The molecule has 2 aliphatic heterocycles. The van der Waals surface area contributed by atoms with E-state index < -0.39 is 21.8 Å². The standard InChI is InChI=1S/C31H41FN2O4S/c32-27-9-5-8-25(19-27)29-22-34(30(31(35)36)18-24-6-4-7-24)21-26(29)20-33-15-12-23(13-16-33)14-17-39(37,38)28-10-2-1-3-11-28/h1-3,5,8-11,19,23-24,26,29-30H,4,6-7,12-18,20-22H2,(H,35,36)/t26-,29+,30+/m0/s1. The zero-order chi connectivity index (χ0) is 27.4. The normalized spacial score (nSPS) is 24.4. The highest BCUT2D eigenvalue weighted by atomic mass is 32.2. The summed E-state index contributed by atoms with van der Waals surface area (Å²) in [5, 5.41) is 10.1. The van der Waals surface area contributed by atoms with Crippen LogP contribution in [0.3, 0.4) is 0 Å². The van der Waals surface area contributed by atoms with Gasteiger partial charge in [0.25, 0.3) is 0 Å². The van der Waals surface area contributed by atoms with Crippen molar-refractivity contribution in [3.05, 3.63) is 66.0 Å². The van der Waals surface area contributed by atoms with Crippen molar-refractivity contribution < 1.29 is 22.7 Å². The van der Waals surface area contributed by atoms with Crippen molar-refractivity contribution in [1.82, 2.24) is 9.80 Å². The van der Waals surface area contributed by atoms with Gasteiger partial charge < -0.3 is 10.0 Å². The number of hydrogen-bond acceptors (Lipinski definition) is 5. The zero-order valence-corrected chi connectivity index (χ0v) is 23.4. The average Bonchev–Trinajstić information content (AvgIpc) is 3.31. The molecule has 3 fully saturated rings. The summed E-state index contributed by atoms with van der Waals surface area (Å²) in [6.07, 6.45) is 6.74. The minimum Gasteiger partial charge on any atom is -0.480 e. The molecule has 0 bridgehead atoms. The van der Waals surface area contributed by atoms with Gasteiger partial charge in [0.05, 0.1) is 10.6 Å². The molecule has 39 heavy (non-hydrogen) atoms. The SMILES string of the molecule is O=C(O)[C@@H](CC1CCC1)N1C[C@H](CN2CCC(CCS(=O)(=O)c3ccccc3)CC2)[C@@H](c2cccc(F)c2)C1. The summed E-state index contributed by atoms with van der Waals surface area (Å²) in [4.78, 5) is 17.2. The fourth-order valence-electron chi connectivity index (χ4n) is 6.77. The molecular formula is C31H41FN2O4S. The first kappa shape index (κ1) is 28.2. The number of carboxylic acids is 1. The van der Waals surface area contributed by atoms with Crippen LogP contribution in [-0.4, -0.2) is 73.8 Å². The molecule has 2 saturated heterocycles. The number of aliphatic carboxylic acids is 1. The molecule has 0 spiro atoms. The highest BCUT2D eigenvalue weighted by molar-refractivity contribution is 7.91. The van der Waals surface area contributed by atoms with E-state index in [9.17, 15) is 22.7 Å². The maximum Gasteiger partial charge on any atom is 0.320 e. The lowest BCUT2D eigenvalue weighted by Crippen LogP contribution is -2.43. The molecule has 1 aliphatic carbocycles. The Morgan fingerprint density at radius 2 is 1.72 bits per heavy atom. The van der Waals surface area contributed by atoms with Crippen molar-refractivity contribution in [3.63, 3.8) is 0 Å². The molecule has 1 N–H and O–H groups in total. The fraction of sp³-hybridized carbons (Fsp3) is 0.581. The van der Waals surface area contributed by atoms with Gasteiger partial charge >= 0.3 is 5.97 Å². The molecule has 1 saturated carbocycles. The van der Waals surface area contributed by atoms with E-state index >= 15 is 0 Å². The molecule has 212 valence electrons. The number of piperidine rings is 1. The number of hydrogen-bond donors (Lipinski definition) is 1. The number of nitrogens with zero attached hydrogens (tertiary/aromatic N) is 2. The van der Waals surface area contributed by atoms with Crippen LogP contribution in [0.25, 0.3) is 0 Å². The summed E-state index contributed by atoms with van der Waals surface area (Å²) in [6, 6.07) is 15.0. The quantitative estimate of drug-likeness (QED) is 0.417. The van der Waals surface area contributed by atoms with Gasteiger partial charge in [0.2, 0.25) is 0 Å². The van der Waals surface area contributed by atoms with Crippen LogP contribution in [0.15, 0.2) is 59.5 Å². The summed E-state index contributed by atoms with van der Waals surface area (Å²) in [6.45, 7) is 4.02. The molecule has 0 amide bonds. The van der Waals surface area contributed by atoms with E-state index in [2.05, 4.69) is 9.80 Å². The summed E-state index contributed by atoms with van der Waals surface area (Å²) >= 11 is 0. The molecule has 8 heteroatoms. The van der Waals surface area contributed by atoms with Crippen molar-refractivity contribution in [3.8, 4) is 0 Å². The largest absolute Gasteiger partial charge is 0.480 e. The van der Waals surface area contributed by atoms with E-state index in [-0.39, 0.29) is 23.4 Å². The van der Waals surface area contributed by atoms with Crippen molar-refractivity contribution in [2.24, 2.45) is 17.8 Å². The third kappa shape index (κ3) is 7.08. The lowest BCUT2D eigenvalue weighted by Gasteiger charge is -2.35. The van der Waals surface area contributed by atoms with Gasteiger partial charge in [0.1, 0.15) is 11.9 Å². The summed E-state index contributed by atoms with van der Waals surface area (Å²) in [5.74, 6) is 0.397. The van der Waals surface area contributed by atoms with Crippen molar-refractivity contribution in [2.75, 3.05) is 38.5 Å². The van der Waals surface area contributed by atoms with E-state index in [4.69, 9.17) is 0 Å². The molecule has 6 nitrogen and oxygen atoms in total. The molecule has 3 atom stereocenters. The third-order valence-electron chi connectivity index (χ3n) is 9.35. The minimum absolute atomic E-state index is 0.0951. The molecule has 2 heterocycles. The Morgan fingerprint density at radius 1 is 0.974 bits per heavy atom.